The predicted molar refractivity (Wildman–Crippen MR) is 66.5 cm³/mol. The second-order valence-electron chi connectivity index (χ2n) is 5.70. The van der Waals surface area contributed by atoms with Crippen LogP contribution in [0.2, 0.25) is 38.4 Å². The molecule has 0 rings (SSSR count). The number of unbranched alkanes of at least 4 members (excludes halogenated alkanes) is 1. The van der Waals surface area contributed by atoms with Gasteiger partial charge < -0.3 is 4.43 Å². The summed E-state index contributed by atoms with van der Waals surface area (Å²) in [5.74, 6) is 0. The molecule has 1 nitrogen and oxygen atoms in total. The first kappa shape index (κ1) is 13.4. The van der Waals surface area contributed by atoms with Crippen molar-refractivity contribution in [3.63, 3.8) is 0 Å². The van der Waals surface area contributed by atoms with E-state index in [0.717, 1.165) is 6.61 Å². The van der Waals surface area contributed by atoms with E-state index in [9.17, 15) is 0 Å². The maximum Gasteiger partial charge on any atom is 0.184 e. The van der Waals surface area contributed by atoms with Crippen molar-refractivity contribution in [3.8, 4) is 0 Å². The van der Waals surface area contributed by atoms with Crippen LogP contribution in [0.15, 0.2) is 0 Å². The molecule has 0 aliphatic carbocycles. The van der Waals surface area contributed by atoms with Gasteiger partial charge >= 0.3 is 0 Å². The van der Waals surface area contributed by atoms with Gasteiger partial charge in [0.2, 0.25) is 0 Å². The fourth-order valence-electron chi connectivity index (χ4n) is 1.82. The predicted octanol–water partition coefficient (Wildman–Crippen LogP) is 3.89. The van der Waals surface area contributed by atoms with Crippen LogP contribution in [-0.4, -0.2) is 23.0 Å². The first-order chi connectivity index (χ1) is 5.77. The molecule has 0 aromatic carbocycles. The molecule has 0 aromatic rings. The van der Waals surface area contributed by atoms with E-state index in [0.29, 0.717) is 0 Å². The maximum absolute atomic E-state index is 6.02. The second kappa shape index (κ2) is 5.32. The maximum atomic E-state index is 6.02. The van der Waals surface area contributed by atoms with Crippen LogP contribution in [0.1, 0.15) is 19.8 Å². The molecular formula is C10H26OSi2. The number of rotatable bonds is 6. The van der Waals surface area contributed by atoms with Crippen molar-refractivity contribution in [1.82, 2.24) is 0 Å². The second-order valence-corrected chi connectivity index (χ2v) is 16.0. The highest BCUT2D eigenvalue weighted by Crippen LogP contribution is 2.20. The topological polar surface area (TPSA) is 9.23 Å². The molecule has 0 fully saturated rings. The van der Waals surface area contributed by atoms with Gasteiger partial charge in [0.25, 0.3) is 0 Å². The van der Waals surface area contributed by atoms with Gasteiger partial charge in [0, 0.05) is 14.7 Å². The Morgan fingerprint density at radius 2 is 1.54 bits per heavy atom. The van der Waals surface area contributed by atoms with Gasteiger partial charge in [0.05, 0.1) is 0 Å². The van der Waals surface area contributed by atoms with E-state index >= 15 is 0 Å². The number of hydrogen-bond donors (Lipinski definition) is 0. The van der Waals surface area contributed by atoms with E-state index in [4.69, 9.17) is 4.43 Å². The average molecular weight is 218 g/mol. The summed E-state index contributed by atoms with van der Waals surface area (Å²) in [5.41, 5.74) is 1.39. The van der Waals surface area contributed by atoms with Gasteiger partial charge in [-0.1, -0.05) is 33.0 Å². The third-order valence-electron chi connectivity index (χ3n) is 1.95. The highest BCUT2D eigenvalue weighted by Gasteiger charge is 2.29. The minimum Gasteiger partial charge on any atom is -0.418 e. The molecule has 0 saturated heterocycles. The van der Waals surface area contributed by atoms with Crippen LogP contribution in [0.4, 0.5) is 0 Å². The van der Waals surface area contributed by atoms with E-state index in [1.54, 1.807) is 0 Å². The molecule has 0 atom stereocenters. The van der Waals surface area contributed by atoms with Crippen LogP contribution in [-0.2, 0) is 4.43 Å². The summed E-state index contributed by atoms with van der Waals surface area (Å²) >= 11 is 0. The first-order valence-corrected chi connectivity index (χ1v) is 12.2. The molecule has 0 saturated carbocycles. The molecule has 3 heteroatoms. The van der Waals surface area contributed by atoms with E-state index in [-0.39, 0.29) is 0 Å². The van der Waals surface area contributed by atoms with Crippen molar-refractivity contribution in [2.24, 2.45) is 0 Å². The molecule has 0 heterocycles. The summed E-state index contributed by atoms with van der Waals surface area (Å²) < 4.78 is 6.02. The normalized spacial score (nSPS) is 13.4. The lowest BCUT2D eigenvalue weighted by Gasteiger charge is -2.29. The molecule has 0 aromatic heterocycles. The quantitative estimate of drug-likeness (QED) is 0.485. The van der Waals surface area contributed by atoms with Crippen molar-refractivity contribution >= 4 is 16.4 Å². The molecule has 0 bridgehead atoms. The van der Waals surface area contributed by atoms with Gasteiger partial charge in [-0.05, 0) is 25.2 Å². The molecule has 0 aliphatic rings. The Morgan fingerprint density at radius 1 is 1.00 bits per heavy atom. The van der Waals surface area contributed by atoms with Gasteiger partial charge in [0.1, 0.15) is 0 Å². The molecular weight excluding hydrogens is 192 g/mol. The van der Waals surface area contributed by atoms with E-state index in [1.807, 2.05) is 0 Å². The van der Waals surface area contributed by atoms with Crippen LogP contribution < -0.4 is 0 Å². The summed E-state index contributed by atoms with van der Waals surface area (Å²) in [6.45, 7) is 15.2. The van der Waals surface area contributed by atoms with Gasteiger partial charge in [-0.3, -0.25) is 0 Å². The molecule has 0 amide bonds. The largest absolute Gasteiger partial charge is 0.418 e. The van der Waals surface area contributed by atoms with Crippen LogP contribution in [0, 0.1) is 0 Å². The third-order valence-corrected chi connectivity index (χ3v) is 10.6. The zero-order valence-corrected chi connectivity index (χ0v) is 12.2. The molecule has 0 radical (unpaired) electrons. The Morgan fingerprint density at radius 3 is 1.92 bits per heavy atom. The molecule has 0 unspecified atom stereocenters. The van der Waals surface area contributed by atoms with Crippen LogP contribution in [0.5, 0.6) is 0 Å². The Kier molecular flexibility index (Phi) is 5.48. The Hall–Kier alpha value is 0.394. The standard InChI is InChI=1S/C10H26OSi2/c1-7-8-9-11-13(5,6)10-12(2,3)4/h7-10H2,1-6H3. The highest BCUT2D eigenvalue weighted by atomic mass is 28.4. The van der Waals surface area contributed by atoms with Crippen molar-refractivity contribution in [2.45, 2.75) is 58.2 Å². The van der Waals surface area contributed by atoms with Gasteiger partial charge in [-0.25, -0.2) is 0 Å². The summed E-state index contributed by atoms with van der Waals surface area (Å²) in [5, 5.41) is 0. The monoisotopic (exact) mass is 218 g/mol. The molecule has 80 valence electrons. The summed E-state index contributed by atoms with van der Waals surface area (Å²) in [6.07, 6.45) is 2.47. The lowest BCUT2D eigenvalue weighted by atomic mass is 10.4. The fraction of sp³-hybridized carbons (Fsp3) is 1.00. The number of hydrogen-bond acceptors (Lipinski definition) is 1. The van der Waals surface area contributed by atoms with Crippen molar-refractivity contribution in [2.75, 3.05) is 6.61 Å². The highest BCUT2D eigenvalue weighted by molar-refractivity contribution is 6.92. The summed E-state index contributed by atoms with van der Waals surface area (Å²) in [6, 6.07) is 0. The minimum absolute atomic E-state index is 0.916. The Bertz CT molecular complexity index is 138. The van der Waals surface area contributed by atoms with Gasteiger partial charge in [0.15, 0.2) is 8.32 Å². The van der Waals surface area contributed by atoms with Crippen LogP contribution >= 0.6 is 0 Å². The Balaban J connectivity index is 3.80. The average Bonchev–Trinajstić information content (AvgIpc) is 1.81. The zero-order valence-electron chi connectivity index (χ0n) is 10.2. The zero-order chi connectivity index (χ0) is 10.5. The SMILES string of the molecule is CCCCO[Si](C)(C)C[Si](C)(C)C. The molecule has 13 heavy (non-hydrogen) atoms. The van der Waals surface area contributed by atoms with Crippen LogP contribution in [0.3, 0.4) is 0 Å². The lowest BCUT2D eigenvalue weighted by Crippen LogP contribution is -2.40. The van der Waals surface area contributed by atoms with Crippen molar-refractivity contribution in [1.29, 1.82) is 0 Å². The summed E-state index contributed by atoms with van der Waals surface area (Å²) in [4.78, 5) is 0. The molecule has 0 aliphatic heterocycles. The van der Waals surface area contributed by atoms with Crippen molar-refractivity contribution in [3.05, 3.63) is 0 Å². The fourth-order valence-corrected chi connectivity index (χ4v) is 13.1. The van der Waals surface area contributed by atoms with Gasteiger partial charge in [-0.15, -0.1) is 0 Å². The smallest absolute Gasteiger partial charge is 0.184 e. The minimum atomic E-state index is -1.31. The summed E-state index contributed by atoms with van der Waals surface area (Å²) in [7, 11) is -2.23. The van der Waals surface area contributed by atoms with E-state index in [2.05, 4.69) is 39.7 Å². The van der Waals surface area contributed by atoms with E-state index in [1.165, 1.54) is 18.5 Å². The van der Waals surface area contributed by atoms with Crippen LogP contribution in [0.25, 0.3) is 0 Å². The Labute approximate surface area is 86.0 Å². The molecule has 0 spiro atoms. The van der Waals surface area contributed by atoms with Crippen molar-refractivity contribution < 1.29 is 4.43 Å². The van der Waals surface area contributed by atoms with Gasteiger partial charge in [-0.2, -0.15) is 0 Å². The third kappa shape index (κ3) is 8.72. The van der Waals surface area contributed by atoms with E-state index < -0.39 is 16.4 Å². The lowest BCUT2D eigenvalue weighted by molar-refractivity contribution is 0.301. The first-order valence-electron chi connectivity index (χ1n) is 5.41. The molecule has 0 N–H and O–H groups in total.